The number of benzene rings is 2. The lowest BCUT2D eigenvalue weighted by Gasteiger charge is -2.26. The van der Waals surface area contributed by atoms with Crippen LogP contribution in [0.15, 0.2) is 47.5 Å². The van der Waals surface area contributed by atoms with Crippen molar-refractivity contribution >= 4 is 23.2 Å². The quantitative estimate of drug-likeness (QED) is 0.518. The SMILES string of the molecule is CCNC(=NCc1ccc(N(C)C)c(F)c1)NCC1CC(=O)Nc2ccccc21. The van der Waals surface area contributed by atoms with Gasteiger partial charge in [0.15, 0.2) is 5.96 Å². The lowest BCUT2D eigenvalue weighted by Crippen LogP contribution is -2.40. The molecule has 0 aromatic heterocycles. The summed E-state index contributed by atoms with van der Waals surface area (Å²) in [6.45, 7) is 3.65. The molecule has 0 saturated carbocycles. The first-order valence-electron chi connectivity index (χ1n) is 9.84. The van der Waals surface area contributed by atoms with Gasteiger partial charge in [0.05, 0.1) is 12.2 Å². The maximum absolute atomic E-state index is 14.2. The number of aliphatic imine (C=N–C) groups is 1. The maximum atomic E-state index is 14.2. The number of para-hydroxylation sites is 1. The molecule has 2 aromatic rings. The average Bonchev–Trinajstić information content (AvgIpc) is 2.69. The van der Waals surface area contributed by atoms with E-state index in [-0.39, 0.29) is 17.6 Å². The zero-order valence-electron chi connectivity index (χ0n) is 17.1. The standard InChI is InChI=1S/C22H28FN5O/c1-4-24-22(25-13-15-9-10-20(28(2)3)18(23)11-15)26-14-16-12-21(29)27-19-8-6-5-7-17(16)19/h5-11,16H,4,12-14H2,1-3H3,(H,27,29)(H2,24,25,26). The van der Waals surface area contributed by atoms with Crippen molar-refractivity contribution in [2.24, 2.45) is 4.99 Å². The van der Waals surface area contributed by atoms with Crippen LogP contribution in [0.25, 0.3) is 0 Å². The van der Waals surface area contributed by atoms with Gasteiger partial charge < -0.3 is 20.9 Å². The molecule has 154 valence electrons. The van der Waals surface area contributed by atoms with E-state index in [1.54, 1.807) is 11.0 Å². The number of amides is 1. The molecule has 1 aliphatic rings. The van der Waals surface area contributed by atoms with Gasteiger partial charge in [-0.25, -0.2) is 9.38 Å². The van der Waals surface area contributed by atoms with Crippen molar-refractivity contribution in [3.8, 4) is 0 Å². The highest BCUT2D eigenvalue weighted by Crippen LogP contribution is 2.31. The highest BCUT2D eigenvalue weighted by atomic mass is 19.1. The van der Waals surface area contributed by atoms with Crippen LogP contribution in [-0.2, 0) is 11.3 Å². The van der Waals surface area contributed by atoms with Crippen LogP contribution in [0.5, 0.6) is 0 Å². The first kappa shape index (κ1) is 20.6. The molecule has 2 aromatic carbocycles. The van der Waals surface area contributed by atoms with Crippen molar-refractivity contribution in [3.05, 3.63) is 59.4 Å². The minimum Gasteiger partial charge on any atom is -0.375 e. The van der Waals surface area contributed by atoms with Crippen LogP contribution < -0.4 is 20.9 Å². The number of nitrogens with zero attached hydrogens (tertiary/aromatic N) is 2. The van der Waals surface area contributed by atoms with Crippen molar-refractivity contribution < 1.29 is 9.18 Å². The largest absolute Gasteiger partial charge is 0.375 e. The number of fused-ring (bicyclic) bond motifs is 1. The number of anilines is 2. The van der Waals surface area contributed by atoms with E-state index in [9.17, 15) is 9.18 Å². The monoisotopic (exact) mass is 397 g/mol. The van der Waals surface area contributed by atoms with E-state index in [2.05, 4.69) is 20.9 Å². The fourth-order valence-corrected chi connectivity index (χ4v) is 3.43. The van der Waals surface area contributed by atoms with Crippen LogP contribution in [0.1, 0.15) is 30.4 Å². The third-order valence-corrected chi connectivity index (χ3v) is 4.88. The summed E-state index contributed by atoms with van der Waals surface area (Å²) in [5, 5.41) is 9.45. The fraction of sp³-hybridized carbons (Fsp3) is 0.364. The molecule has 1 heterocycles. The molecule has 3 N–H and O–H groups in total. The molecule has 0 aliphatic carbocycles. The van der Waals surface area contributed by atoms with Gasteiger partial charge in [-0.05, 0) is 36.2 Å². The summed E-state index contributed by atoms with van der Waals surface area (Å²) in [6, 6.07) is 13.0. The van der Waals surface area contributed by atoms with Crippen molar-refractivity contribution in [3.63, 3.8) is 0 Å². The van der Waals surface area contributed by atoms with Gasteiger partial charge in [0.2, 0.25) is 5.91 Å². The number of rotatable bonds is 6. The Balaban J connectivity index is 1.67. The number of halogens is 1. The molecule has 0 saturated heterocycles. The van der Waals surface area contributed by atoms with E-state index >= 15 is 0 Å². The molecule has 1 unspecified atom stereocenters. The predicted octanol–water partition coefficient (Wildman–Crippen LogP) is 3.07. The average molecular weight is 397 g/mol. The second-order valence-corrected chi connectivity index (χ2v) is 7.29. The molecule has 1 amide bonds. The molecule has 6 nitrogen and oxygen atoms in total. The Morgan fingerprint density at radius 1 is 1.24 bits per heavy atom. The van der Waals surface area contributed by atoms with E-state index < -0.39 is 0 Å². The second kappa shape index (κ2) is 9.41. The molecule has 3 rings (SSSR count). The molecule has 0 spiro atoms. The van der Waals surface area contributed by atoms with Crippen molar-refractivity contribution in [1.29, 1.82) is 0 Å². The maximum Gasteiger partial charge on any atom is 0.225 e. The minimum absolute atomic E-state index is 0.0221. The van der Waals surface area contributed by atoms with Gasteiger partial charge in [0.25, 0.3) is 0 Å². The molecule has 1 aliphatic heterocycles. The van der Waals surface area contributed by atoms with E-state index in [4.69, 9.17) is 0 Å². The van der Waals surface area contributed by atoms with Crippen LogP contribution in [0.2, 0.25) is 0 Å². The summed E-state index contributed by atoms with van der Waals surface area (Å²) in [6.07, 6.45) is 0.431. The Kier molecular flexibility index (Phi) is 6.69. The van der Waals surface area contributed by atoms with Crippen LogP contribution in [0.4, 0.5) is 15.8 Å². The van der Waals surface area contributed by atoms with Crippen LogP contribution in [-0.4, -0.2) is 39.1 Å². The first-order valence-corrected chi connectivity index (χ1v) is 9.84. The zero-order chi connectivity index (χ0) is 20.8. The van der Waals surface area contributed by atoms with Gasteiger partial charge >= 0.3 is 0 Å². The van der Waals surface area contributed by atoms with Gasteiger partial charge in [-0.1, -0.05) is 24.3 Å². The Labute approximate surface area is 171 Å². The number of hydrogen-bond acceptors (Lipinski definition) is 3. The molecule has 7 heteroatoms. The summed E-state index contributed by atoms with van der Waals surface area (Å²) in [5.74, 6) is 0.480. The smallest absolute Gasteiger partial charge is 0.225 e. The molecule has 29 heavy (non-hydrogen) atoms. The van der Waals surface area contributed by atoms with Gasteiger partial charge in [-0.15, -0.1) is 0 Å². The predicted molar refractivity (Wildman–Crippen MR) is 116 cm³/mol. The van der Waals surface area contributed by atoms with Crippen LogP contribution in [0.3, 0.4) is 0 Å². The lowest BCUT2D eigenvalue weighted by molar-refractivity contribution is -0.116. The first-order chi connectivity index (χ1) is 14.0. The summed E-state index contributed by atoms with van der Waals surface area (Å²) in [4.78, 5) is 18.3. The highest BCUT2D eigenvalue weighted by molar-refractivity contribution is 5.94. The Morgan fingerprint density at radius 2 is 2.03 bits per heavy atom. The van der Waals surface area contributed by atoms with Crippen molar-refractivity contribution in [1.82, 2.24) is 10.6 Å². The number of hydrogen-bond donors (Lipinski definition) is 3. The number of nitrogens with one attached hydrogen (secondary N) is 3. The number of carbonyl (C=O) groups excluding carboxylic acids is 1. The van der Waals surface area contributed by atoms with E-state index in [1.807, 2.05) is 51.4 Å². The molecular weight excluding hydrogens is 369 g/mol. The summed E-state index contributed by atoms with van der Waals surface area (Å²) < 4.78 is 14.2. The molecule has 0 radical (unpaired) electrons. The van der Waals surface area contributed by atoms with Crippen molar-refractivity contribution in [2.45, 2.75) is 25.8 Å². The summed E-state index contributed by atoms with van der Waals surface area (Å²) >= 11 is 0. The summed E-state index contributed by atoms with van der Waals surface area (Å²) in [5.41, 5.74) is 3.34. The van der Waals surface area contributed by atoms with E-state index in [1.165, 1.54) is 6.07 Å². The third-order valence-electron chi connectivity index (χ3n) is 4.88. The zero-order valence-corrected chi connectivity index (χ0v) is 17.1. The van der Waals surface area contributed by atoms with Gasteiger partial charge in [-0.3, -0.25) is 4.79 Å². The van der Waals surface area contributed by atoms with Gasteiger partial charge in [-0.2, -0.15) is 0 Å². The number of guanidine groups is 1. The fourth-order valence-electron chi connectivity index (χ4n) is 3.43. The molecule has 0 fully saturated rings. The molecular formula is C22H28FN5O. The summed E-state index contributed by atoms with van der Waals surface area (Å²) in [7, 11) is 3.63. The topological polar surface area (TPSA) is 68.8 Å². The Hall–Kier alpha value is -3.09. The normalized spacial score (nSPS) is 16.1. The molecule has 0 bridgehead atoms. The van der Waals surface area contributed by atoms with E-state index in [0.717, 1.165) is 16.8 Å². The van der Waals surface area contributed by atoms with Crippen molar-refractivity contribution in [2.75, 3.05) is 37.4 Å². The third kappa shape index (κ3) is 5.25. The Morgan fingerprint density at radius 3 is 2.76 bits per heavy atom. The van der Waals surface area contributed by atoms with Gasteiger partial charge in [0.1, 0.15) is 5.82 Å². The van der Waals surface area contributed by atoms with Crippen LogP contribution >= 0.6 is 0 Å². The van der Waals surface area contributed by atoms with Gasteiger partial charge in [0, 0.05) is 45.2 Å². The van der Waals surface area contributed by atoms with Crippen LogP contribution in [0, 0.1) is 5.82 Å². The Bertz CT molecular complexity index is 897. The highest BCUT2D eigenvalue weighted by Gasteiger charge is 2.24. The van der Waals surface area contributed by atoms with E-state index in [0.29, 0.717) is 37.7 Å². The minimum atomic E-state index is -0.259. The second-order valence-electron chi connectivity index (χ2n) is 7.29. The molecule has 1 atom stereocenters. The number of carbonyl (C=O) groups is 1. The lowest BCUT2D eigenvalue weighted by atomic mass is 9.90.